The van der Waals surface area contributed by atoms with Crippen LogP contribution in [0.4, 0.5) is 10.1 Å². The minimum Gasteiger partial charge on any atom is -0.327 e. The van der Waals surface area contributed by atoms with Gasteiger partial charge in [-0.25, -0.2) is 4.39 Å². The van der Waals surface area contributed by atoms with Gasteiger partial charge in [0.25, 0.3) is 0 Å². The largest absolute Gasteiger partial charge is 0.327 e. The van der Waals surface area contributed by atoms with Crippen LogP contribution in [-0.4, -0.2) is 53.1 Å². The SMILES string of the molecule is O=C(Nc1ccc(F)cc1)[C@@H]1CNCCN1C(=O)CSc1ccncc1. The number of nitrogens with zero attached hydrogens (tertiary/aromatic N) is 2. The number of pyridine rings is 1. The van der Waals surface area contributed by atoms with Crippen molar-refractivity contribution < 1.29 is 14.0 Å². The van der Waals surface area contributed by atoms with E-state index in [9.17, 15) is 14.0 Å². The summed E-state index contributed by atoms with van der Waals surface area (Å²) in [5, 5.41) is 5.88. The lowest BCUT2D eigenvalue weighted by Crippen LogP contribution is -2.58. The van der Waals surface area contributed by atoms with E-state index in [4.69, 9.17) is 0 Å². The van der Waals surface area contributed by atoms with E-state index >= 15 is 0 Å². The molecule has 2 aromatic rings. The number of hydrogen-bond acceptors (Lipinski definition) is 5. The van der Waals surface area contributed by atoms with Gasteiger partial charge in [0.05, 0.1) is 5.75 Å². The summed E-state index contributed by atoms with van der Waals surface area (Å²) in [5.74, 6) is -0.490. The van der Waals surface area contributed by atoms with Gasteiger partial charge >= 0.3 is 0 Å². The number of piperazine rings is 1. The van der Waals surface area contributed by atoms with Crippen LogP contribution < -0.4 is 10.6 Å². The molecule has 1 aromatic heterocycles. The number of rotatable bonds is 5. The van der Waals surface area contributed by atoms with E-state index in [1.54, 1.807) is 17.3 Å². The minimum absolute atomic E-state index is 0.0902. The number of carbonyl (C=O) groups excluding carboxylic acids is 2. The average Bonchev–Trinajstić information content (AvgIpc) is 2.68. The molecular weight excluding hydrogens is 355 g/mol. The van der Waals surface area contributed by atoms with Gasteiger partial charge < -0.3 is 15.5 Å². The zero-order chi connectivity index (χ0) is 18.4. The van der Waals surface area contributed by atoms with Gasteiger partial charge in [-0.2, -0.15) is 0 Å². The maximum absolute atomic E-state index is 13.0. The topological polar surface area (TPSA) is 74.3 Å². The van der Waals surface area contributed by atoms with Crippen LogP contribution in [0.15, 0.2) is 53.7 Å². The summed E-state index contributed by atoms with van der Waals surface area (Å²) in [6, 6.07) is 8.64. The predicted molar refractivity (Wildman–Crippen MR) is 98.4 cm³/mol. The van der Waals surface area contributed by atoms with Crippen molar-refractivity contribution in [3.05, 3.63) is 54.6 Å². The molecule has 1 atom stereocenters. The lowest BCUT2D eigenvalue weighted by atomic mass is 10.1. The van der Waals surface area contributed by atoms with Gasteiger partial charge in [-0.1, -0.05) is 0 Å². The number of benzene rings is 1. The molecule has 1 saturated heterocycles. The zero-order valence-electron chi connectivity index (χ0n) is 14.0. The molecule has 0 radical (unpaired) electrons. The van der Waals surface area contributed by atoms with Crippen LogP contribution in [0.3, 0.4) is 0 Å². The first-order chi connectivity index (χ1) is 12.6. The molecule has 2 heterocycles. The summed E-state index contributed by atoms with van der Waals surface area (Å²) in [6.45, 7) is 1.50. The molecule has 1 aliphatic rings. The van der Waals surface area contributed by atoms with Crippen LogP contribution in [-0.2, 0) is 9.59 Å². The number of amides is 2. The second-order valence-electron chi connectivity index (χ2n) is 5.77. The Morgan fingerprint density at radius 3 is 2.69 bits per heavy atom. The van der Waals surface area contributed by atoms with Gasteiger partial charge in [-0.05, 0) is 36.4 Å². The highest BCUT2D eigenvalue weighted by atomic mass is 32.2. The standard InChI is InChI=1S/C18H19FN4O2S/c19-13-1-3-14(4-2-13)22-18(25)16-11-21-9-10-23(16)17(24)12-26-15-5-7-20-8-6-15/h1-8,16,21H,9-12H2,(H,22,25)/t16-/m0/s1. The Morgan fingerprint density at radius 2 is 1.96 bits per heavy atom. The van der Waals surface area contributed by atoms with Crippen molar-refractivity contribution in [1.82, 2.24) is 15.2 Å². The van der Waals surface area contributed by atoms with Gasteiger partial charge in [0.15, 0.2) is 0 Å². The maximum Gasteiger partial charge on any atom is 0.248 e. The lowest BCUT2D eigenvalue weighted by molar-refractivity contribution is -0.137. The number of aromatic nitrogens is 1. The number of carbonyl (C=O) groups is 2. The molecule has 136 valence electrons. The van der Waals surface area contributed by atoms with Crippen molar-refractivity contribution in [3.63, 3.8) is 0 Å². The highest BCUT2D eigenvalue weighted by molar-refractivity contribution is 8.00. The van der Waals surface area contributed by atoms with Gasteiger partial charge in [0, 0.05) is 42.6 Å². The van der Waals surface area contributed by atoms with E-state index in [0.717, 1.165) is 4.90 Å². The van der Waals surface area contributed by atoms with Crippen molar-refractivity contribution in [3.8, 4) is 0 Å². The van der Waals surface area contributed by atoms with Crippen molar-refractivity contribution >= 4 is 29.3 Å². The van der Waals surface area contributed by atoms with Gasteiger partial charge in [0.2, 0.25) is 11.8 Å². The molecule has 2 amide bonds. The fourth-order valence-electron chi connectivity index (χ4n) is 2.66. The van der Waals surface area contributed by atoms with Crippen LogP contribution in [0, 0.1) is 5.82 Å². The number of halogens is 1. The van der Waals surface area contributed by atoms with Crippen LogP contribution in [0.2, 0.25) is 0 Å². The Labute approximate surface area is 155 Å². The molecule has 1 aliphatic heterocycles. The monoisotopic (exact) mass is 374 g/mol. The molecule has 26 heavy (non-hydrogen) atoms. The molecule has 0 bridgehead atoms. The van der Waals surface area contributed by atoms with E-state index in [-0.39, 0.29) is 23.4 Å². The average molecular weight is 374 g/mol. The minimum atomic E-state index is -0.598. The normalized spacial score (nSPS) is 17.0. The number of thioether (sulfide) groups is 1. The predicted octanol–water partition coefficient (Wildman–Crippen LogP) is 1.75. The van der Waals surface area contributed by atoms with E-state index in [0.29, 0.717) is 25.3 Å². The Kier molecular flexibility index (Phi) is 6.19. The number of nitrogens with one attached hydrogen (secondary N) is 2. The van der Waals surface area contributed by atoms with Crippen LogP contribution in [0.25, 0.3) is 0 Å². The van der Waals surface area contributed by atoms with Gasteiger partial charge in [-0.3, -0.25) is 14.6 Å². The van der Waals surface area contributed by atoms with E-state index in [1.165, 1.54) is 36.0 Å². The highest BCUT2D eigenvalue weighted by Crippen LogP contribution is 2.18. The summed E-state index contributed by atoms with van der Waals surface area (Å²) in [7, 11) is 0. The van der Waals surface area contributed by atoms with Gasteiger partial charge in [0.1, 0.15) is 11.9 Å². The third kappa shape index (κ3) is 4.80. The zero-order valence-corrected chi connectivity index (χ0v) is 14.8. The first-order valence-electron chi connectivity index (χ1n) is 8.23. The second-order valence-corrected chi connectivity index (χ2v) is 6.82. The van der Waals surface area contributed by atoms with Crippen LogP contribution in [0.5, 0.6) is 0 Å². The van der Waals surface area contributed by atoms with Gasteiger partial charge in [-0.15, -0.1) is 11.8 Å². The Morgan fingerprint density at radius 1 is 1.23 bits per heavy atom. The first-order valence-corrected chi connectivity index (χ1v) is 9.21. The fraction of sp³-hybridized carbons (Fsp3) is 0.278. The second kappa shape index (κ2) is 8.77. The molecular formula is C18H19FN4O2S. The summed E-state index contributed by atoms with van der Waals surface area (Å²) in [4.78, 5) is 31.7. The molecule has 1 aromatic carbocycles. The Hall–Kier alpha value is -2.45. The number of anilines is 1. The summed E-state index contributed by atoms with van der Waals surface area (Å²) in [5.41, 5.74) is 0.500. The molecule has 2 N–H and O–H groups in total. The molecule has 0 aliphatic carbocycles. The Bertz CT molecular complexity index is 758. The van der Waals surface area contributed by atoms with Crippen molar-refractivity contribution in [2.45, 2.75) is 10.9 Å². The van der Waals surface area contributed by atoms with Crippen molar-refractivity contribution in [2.75, 3.05) is 30.7 Å². The lowest BCUT2D eigenvalue weighted by Gasteiger charge is -2.35. The first kappa shape index (κ1) is 18.3. The van der Waals surface area contributed by atoms with Crippen molar-refractivity contribution in [1.29, 1.82) is 0 Å². The third-order valence-electron chi connectivity index (χ3n) is 3.99. The smallest absolute Gasteiger partial charge is 0.248 e. The molecule has 0 saturated carbocycles. The fourth-order valence-corrected chi connectivity index (χ4v) is 3.43. The van der Waals surface area contributed by atoms with E-state index in [2.05, 4.69) is 15.6 Å². The molecule has 0 spiro atoms. The van der Waals surface area contributed by atoms with Crippen LogP contribution >= 0.6 is 11.8 Å². The maximum atomic E-state index is 13.0. The van der Waals surface area contributed by atoms with Crippen LogP contribution in [0.1, 0.15) is 0 Å². The molecule has 6 nitrogen and oxygen atoms in total. The summed E-state index contributed by atoms with van der Waals surface area (Å²) in [6.07, 6.45) is 3.35. The van der Waals surface area contributed by atoms with E-state index < -0.39 is 6.04 Å². The Balaban J connectivity index is 1.61. The third-order valence-corrected chi connectivity index (χ3v) is 4.99. The molecule has 1 fully saturated rings. The molecule has 3 rings (SSSR count). The van der Waals surface area contributed by atoms with Crippen molar-refractivity contribution in [2.24, 2.45) is 0 Å². The number of hydrogen-bond donors (Lipinski definition) is 2. The molecule has 8 heteroatoms. The quantitative estimate of drug-likeness (QED) is 0.780. The molecule has 0 unspecified atom stereocenters. The highest BCUT2D eigenvalue weighted by Gasteiger charge is 2.31. The summed E-state index contributed by atoms with van der Waals surface area (Å²) >= 11 is 1.42. The van der Waals surface area contributed by atoms with E-state index in [1.807, 2.05) is 12.1 Å². The summed E-state index contributed by atoms with van der Waals surface area (Å²) < 4.78 is 13.0.